The van der Waals surface area contributed by atoms with Crippen molar-refractivity contribution in [2.24, 2.45) is 5.73 Å². The molecule has 0 aliphatic heterocycles. The molecule has 0 spiro atoms. The summed E-state index contributed by atoms with van der Waals surface area (Å²) in [4.78, 5) is 22.0. The molecule has 1 aromatic rings. The van der Waals surface area contributed by atoms with Crippen molar-refractivity contribution in [2.75, 3.05) is 6.54 Å². The zero-order chi connectivity index (χ0) is 13.5. The fourth-order valence-corrected chi connectivity index (χ4v) is 1.69. The highest BCUT2D eigenvalue weighted by molar-refractivity contribution is 5.81. The molecule has 1 amide bonds. The van der Waals surface area contributed by atoms with E-state index in [0.717, 1.165) is 5.56 Å². The van der Waals surface area contributed by atoms with Crippen LogP contribution in [0.15, 0.2) is 30.3 Å². The van der Waals surface area contributed by atoms with E-state index in [0.29, 0.717) is 13.0 Å². The first-order chi connectivity index (χ1) is 8.52. The van der Waals surface area contributed by atoms with Crippen LogP contribution in [0.25, 0.3) is 0 Å². The Kier molecular flexibility index (Phi) is 5.32. The lowest BCUT2D eigenvalue weighted by Crippen LogP contribution is -2.36. The van der Waals surface area contributed by atoms with Gasteiger partial charge in [0, 0.05) is 0 Å². The Bertz CT molecular complexity index is 406. The number of amides is 1. The Morgan fingerprint density at radius 3 is 2.44 bits per heavy atom. The first kappa shape index (κ1) is 14.2. The Morgan fingerprint density at radius 1 is 1.33 bits per heavy atom. The number of primary amides is 1. The number of carboxylic acids is 1. The minimum absolute atomic E-state index is 0.389. The van der Waals surface area contributed by atoms with Gasteiger partial charge in [0.05, 0.1) is 5.92 Å². The van der Waals surface area contributed by atoms with Gasteiger partial charge in [0.2, 0.25) is 5.91 Å². The lowest BCUT2D eigenvalue weighted by atomic mass is 9.95. The van der Waals surface area contributed by atoms with Crippen LogP contribution in [0, 0.1) is 0 Å². The molecule has 5 nitrogen and oxygen atoms in total. The third-order valence-corrected chi connectivity index (χ3v) is 2.80. The standard InChI is InChI=1S/C13H18N2O3/c1-9(13(17)18)15-8-7-11(12(14)16)10-5-3-2-4-6-10/h2-6,9,11,15H,7-8H2,1H3,(H2,14,16)(H,17,18)/t9-,11-/m0/s1. The van der Waals surface area contributed by atoms with Crippen molar-refractivity contribution in [1.29, 1.82) is 0 Å². The zero-order valence-electron chi connectivity index (χ0n) is 10.3. The summed E-state index contributed by atoms with van der Waals surface area (Å²) < 4.78 is 0. The zero-order valence-corrected chi connectivity index (χ0v) is 10.3. The second-order valence-electron chi connectivity index (χ2n) is 4.17. The van der Waals surface area contributed by atoms with E-state index in [4.69, 9.17) is 10.8 Å². The molecular weight excluding hydrogens is 232 g/mol. The van der Waals surface area contributed by atoms with E-state index in [-0.39, 0.29) is 5.92 Å². The summed E-state index contributed by atoms with van der Waals surface area (Å²) in [6, 6.07) is 8.62. The van der Waals surface area contributed by atoms with E-state index in [2.05, 4.69) is 5.32 Å². The van der Waals surface area contributed by atoms with E-state index in [1.54, 1.807) is 6.92 Å². The van der Waals surface area contributed by atoms with Gasteiger partial charge in [0.15, 0.2) is 0 Å². The Hall–Kier alpha value is -1.88. The van der Waals surface area contributed by atoms with Crippen molar-refractivity contribution in [1.82, 2.24) is 5.32 Å². The quantitative estimate of drug-likeness (QED) is 0.664. The molecule has 0 fully saturated rings. The van der Waals surface area contributed by atoms with Crippen LogP contribution in [-0.4, -0.2) is 29.6 Å². The van der Waals surface area contributed by atoms with E-state index < -0.39 is 17.9 Å². The molecule has 5 heteroatoms. The molecule has 0 radical (unpaired) electrons. The monoisotopic (exact) mass is 250 g/mol. The molecule has 98 valence electrons. The average molecular weight is 250 g/mol. The topological polar surface area (TPSA) is 92.4 Å². The minimum Gasteiger partial charge on any atom is -0.480 e. The predicted molar refractivity (Wildman–Crippen MR) is 68.1 cm³/mol. The number of hydrogen-bond acceptors (Lipinski definition) is 3. The molecule has 0 saturated heterocycles. The van der Waals surface area contributed by atoms with Crippen molar-refractivity contribution < 1.29 is 14.7 Å². The molecule has 2 atom stereocenters. The predicted octanol–water partition coefficient (Wildman–Crippen LogP) is 0.708. The third kappa shape index (κ3) is 4.18. The molecule has 4 N–H and O–H groups in total. The van der Waals surface area contributed by atoms with Crippen LogP contribution < -0.4 is 11.1 Å². The van der Waals surface area contributed by atoms with Gasteiger partial charge in [-0.25, -0.2) is 0 Å². The van der Waals surface area contributed by atoms with Crippen LogP contribution in [0.2, 0.25) is 0 Å². The van der Waals surface area contributed by atoms with Gasteiger partial charge in [0.25, 0.3) is 0 Å². The van der Waals surface area contributed by atoms with E-state index in [1.165, 1.54) is 0 Å². The second kappa shape index (κ2) is 6.76. The van der Waals surface area contributed by atoms with Crippen LogP contribution in [0.5, 0.6) is 0 Å². The molecule has 0 bridgehead atoms. The highest BCUT2D eigenvalue weighted by atomic mass is 16.4. The summed E-state index contributed by atoms with van der Waals surface area (Å²) in [5.74, 6) is -1.70. The summed E-state index contributed by atoms with van der Waals surface area (Å²) in [5.41, 5.74) is 6.22. The number of rotatable bonds is 7. The summed E-state index contributed by atoms with van der Waals surface area (Å²) in [6.45, 7) is 1.99. The van der Waals surface area contributed by atoms with Gasteiger partial charge in [0.1, 0.15) is 6.04 Å². The molecule has 1 aromatic carbocycles. The summed E-state index contributed by atoms with van der Waals surface area (Å²) in [5, 5.41) is 11.5. The maximum Gasteiger partial charge on any atom is 0.320 e. The van der Waals surface area contributed by atoms with Crippen LogP contribution >= 0.6 is 0 Å². The van der Waals surface area contributed by atoms with Crippen LogP contribution in [0.3, 0.4) is 0 Å². The number of nitrogens with two attached hydrogens (primary N) is 1. The molecule has 0 unspecified atom stereocenters. The van der Waals surface area contributed by atoms with Crippen LogP contribution in [0.1, 0.15) is 24.8 Å². The van der Waals surface area contributed by atoms with Gasteiger partial charge in [-0.3, -0.25) is 9.59 Å². The molecule has 0 saturated carbocycles. The van der Waals surface area contributed by atoms with Gasteiger partial charge >= 0.3 is 5.97 Å². The summed E-state index contributed by atoms with van der Waals surface area (Å²) in [7, 11) is 0. The number of nitrogens with one attached hydrogen (secondary N) is 1. The highest BCUT2D eigenvalue weighted by Gasteiger charge is 2.18. The largest absolute Gasteiger partial charge is 0.480 e. The van der Waals surface area contributed by atoms with E-state index in [9.17, 15) is 9.59 Å². The maximum atomic E-state index is 11.4. The SMILES string of the molecule is C[C@H](NCC[C@H](C(N)=O)c1ccccc1)C(=O)O. The number of carbonyl (C=O) groups excluding carboxylic acids is 1. The Labute approximate surface area is 106 Å². The van der Waals surface area contributed by atoms with Gasteiger partial charge < -0.3 is 16.2 Å². The van der Waals surface area contributed by atoms with E-state index >= 15 is 0 Å². The first-order valence-electron chi connectivity index (χ1n) is 5.83. The van der Waals surface area contributed by atoms with Gasteiger partial charge in [-0.1, -0.05) is 30.3 Å². The summed E-state index contributed by atoms with van der Waals surface area (Å²) in [6.07, 6.45) is 0.483. The lowest BCUT2D eigenvalue weighted by molar-refractivity contribution is -0.138. The number of carbonyl (C=O) groups is 2. The molecule has 0 heterocycles. The normalized spacial score (nSPS) is 13.8. The third-order valence-electron chi connectivity index (χ3n) is 2.80. The number of hydrogen-bond donors (Lipinski definition) is 3. The van der Waals surface area contributed by atoms with Crippen molar-refractivity contribution in [3.8, 4) is 0 Å². The van der Waals surface area contributed by atoms with Crippen LogP contribution in [0.4, 0.5) is 0 Å². The van der Waals surface area contributed by atoms with Gasteiger partial charge in [-0.05, 0) is 25.5 Å². The molecular formula is C13H18N2O3. The molecule has 0 aliphatic rings. The second-order valence-corrected chi connectivity index (χ2v) is 4.17. The Morgan fingerprint density at radius 2 is 1.94 bits per heavy atom. The fourth-order valence-electron chi connectivity index (χ4n) is 1.69. The molecule has 18 heavy (non-hydrogen) atoms. The molecule has 0 aliphatic carbocycles. The van der Waals surface area contributed by atoms with Crippen molar-refractivity contribution in [3.05, 3.63) is 35.9 Å². The number of benzene rings is 1. The minimum atomic E-state index is -0.912. The van der Waals surface area contributed by atoms with Crippen molar-refractivity contribution in [2.45, 2.75) is 25.3 Å². The lowest BCUT2D eigenvalue weighted by Gasteiger charge is -2.15. The fraction of sp³-hybridized carbons (Fsp3) is 0.385. The van der Waals surface area contributed by atoms with Crippen LogP contribution in [-0.2, 0) is 9.59 Å². The van der Waals surface area contributed by atoms with Gasteiger partial charge in [-0.15, -0.1) is 0 Å². The smallest absolute Gasteiger partial charge is 0.320 e. The van der Waals surface area contributed by atoms with Crippen molar-refractivity contribution >= 4 is 11.9 Å². The molecule has 1 rings (SSSR count). The highest BCUT2D eigenvalue weighted by Crippen LogP contribution is 2.18. The number of carboxylic acid groups (broad SMARTS) is 1. The van der Waals surface area contributed by atoms with E-state index in [1.807, 2.05) is 30.3 Å². The summed E-state index contributed by atoms with van der Waals surface area (Å²) >= 11 is 0. The first-order valence-corrected chi connectivity index (χ1v) is 5.83. The number of aliphatic carboxylic acids is 1. The molecule has 0 aromatic heterocycles. The Balaban J connectivity index is 2.55. The van der Waals surface area contributed by atoms with Crippen molar-refractivity contribution in [3.63, 3.8) is 0 Å². The average Bonchev–Trinajstić information content (AvgIpc) is 2.34. The maximum absolute atomic E-state index is 11.4. The van der Waals surface area contributed by atoms with Gasteiger partial charge in [-0.2, -0.15) is 0 Å².